The molecule has 0 aliphatic heterocycles. The summed E-state index contributed by atoms with van der Waals surface area (Å²) < 4.78 is -0.334. The van der Waals surface area contributed by atoms with Crippen molar-refractivity contribution in [2.45, 2.75) is 50.2 Å². The summed E-state index contributed by atoms with van der Waals surface area (Å²) in [6.45, 7) is 15.6. The molecular weight excluding hydrogens is 651 g/mol. The van der Waals surface area contributed by atoms with Crippen molar-refractivity contribution in [1.29, 1.82) is 0 Å². The second-order valence-electron chi connectivity index (χ2n) is 13.7. The molecule has 2 unspecified atom stereocenters. The van der Waals surface area contributed by atoms with Crippen molar-refractivity contribution in [1.82, 2.24) is 15.0 Å². The first kappa shape index (κ1) is 36.5. The first-order chi connectivity index (χ1) is 25.2. The highest BCUT2D eigenvalue weighted by Crippen LogP contribution is 2.40. The molecule has 1 aliphatic rings. The van der Waals surface area contributed by atoms with Crippen LogP contribution >= 0.6 is 12.6 Å². The third kappa shape index (κ3) is 7.93. The molecular formula is C48H47N3S. The minimum absolute atomic E-state index is 0.317. The van der Waals surface area contributed by atoms with Crippen LogP contribution in [0.4, 0.5) is 0 Å². The van der Waals surface area contributed by atoms with Gasteiger partial charge in [-0.25, -0.2) is 15.0 Å². The van der Waals surface area contributed by atoms with Gasteiger partial charge < -0.3 is 0 Å². The minimum Gasteiger partial charge on any atom is -0.212 e. The molecule has 0 N–H and O–H groups in total. The van der Waals surface area contributed by atoms with Crippen molar-refractivity contribution in [2.75, 3.05) is 0 Å². The molecule has 2 atom stereocenters. The first-order valence-corrected chi connectivity index (χ1v) is 18.5. The average molecular weight is 698 g/mol. The summed E-state index contributed by atoms with van der Waals surface area (Å²) in [5.41, 5.74) is 7.83. The molecule has 0 bridgehead atoms. The third-order valence-corrected chi connectivity index (χ3v) is 11.3. The molecule has 52 heavy (non-hydrogen) atoms. The largest absolute Gasteiger partial charge is 0.212 e. The quantitative estimate of drug-likeness (QED) is 0.172. The summed E-state index contributed by atoms with van der Waals surface area (Å²) in [4.78, 5) is 15.6. The normalized spacial score (nSPS) is 22.0. The Balaban J connectivity index is 1.46. The van der Waals surface area contributed by atoms with E-state index in [1.54, 1.807) is 0 Å². The molecule has 1 aliphatic carbocycles. The van der Waals surface area contributed by atoms with Gasteiger partial charge in [0, 0.05) is 15.9 Å². The lowest BCUT2D eigenvalue weighted by molar-refractivity contribution is 0.469. The number of hydrogen-bond donors (Lipinski definition) is 1. The Kier molecular flexibility index (Phi) is 11.5. The van der Waals surface area contributed by atoms with Crippen LogP contribution in [0.3, 0.4) is 0 Å². The van der Waals surface area contributed by atoms with E-state index in [0.717, 1.165) is 46.2 Å². The zero-order chi connectivity index (χ0) is 36.6. The lowest BCUT2D eigenvalue weighted by Gasteiger charge is -2.33. The Bertz CT molecular complexity index is 2020. The molecule has 1 heterocycles. The Morgan fingerprint density at radius 1 is 0.558 bits per heavy atom. The smallest absolute Gasteiger partial charge is 0.163 e. The van der Waals surface area contributed by atoms with E-state index in [2.05, 4.69) is 180 Å². The van der Waals surface area contributed by atoms with Gasteiger partial charge in [-0.1, -0.05) is 192 Å². The van der Waals surface area contributed by atoms with E-state index in [1.807, 2.05) is 12.1 Å². The molecule has 0 radical (unpaired) electrons. The number of hydrogen-bond acceptors (Lipinski definition) is 4. The fourth-order valence-electron chi connectivity index (χ4n) is 6.69. The third-order valence-electron chi connectivity index (χ3n) is 10.3. The Morgan fingerprint density at radius 3 is 1.44 bits per heavy atom. The molecule has 0 saturated heterocycles. The van der Waals surface area contributed by atoms with Crippen molar-refractivity contribution in [3.63, 3.8) is 0 Å². The van der Waals surface area contributed by atoms with Gasteiger partial charge >= 0.3 is 0 Å². The van der Waals surface area contributed by atoms with Crippen LogP contribution in [0.15, 0.2) is 182 Å². The van der Waals surface area contributed by atoms with Gasteiger partial charge in [0.25, 0.3) is 0 Å². The highest BCUT2D eigenvalue weighted by molar-refractivity contribution is 7.82. The number of nitrogens with zero attached hydrogens (tertiary/aromatic N) is 3. The molecule has 0 fully saturated rings. The highest BCUT2D eigenvalue weighted by Gasteiger charge is 2.36. The van der Waals surface area contributed by atoms with Crippen LogP contribution in [-0.4, -0.2) is 19.7 Å². The topological polar surface area (TPSA) is 38.7 Å². The Labute approximate surface area is 315 Å². The molecule has 0 amide bonds. The van der Waals surface area contributed by atoms with E-state index >= 15 is 0 Å². The molecule has 4 aromatic carbocycles. The summed E-state index contributed by atoms with van der Waals surface area (Å²) >= 11 is 5.09. The van der Waals surface area contributed by atoms with Crippen molar-refractivity contribution >= 4 is 12.6 Å². The Hall–Kier alpha value is -5.32. The summed E-state index contributed by atoms with van der Waals surface area (Å²) in [6, 6.07) is 37.7. The molecule has 0 saturated carbocycles. The second-order valence-corrected chi connectivity index (χ2v) is 14.5. The van der Waals surface area contributed by atoms with Crippen LogP contribution in [0.2, 0.25) is 0 Å². The van der Waals surface area contributed by atoms with E-state index in [9.17, 15) is 0 Å². The summed E-state index contributed by atoms with van der Waals surface area (Å²) in [5.74, 6) is 2.29. The predicted molar refractivity (Wildman–Crippen MR) is 224 cm³/mol. The van der Waals surface area contributed by atoms with E-state index in [0.29, 0.717) is 29.8 Å². The van der Waals surface area contributed by atoms with Crippen LogP contribution in [0.5, 0.6) is 0 Å². The van der Waals surface area contributed by atoms with Gasteiger partial charge in [-0.15, -0.1) is 0 Å². The van der Waals surface area contributed by atoms with Gasteiger partial charge in [-0.05, 0) is 58.6 Å². The summed E-state index contributed by atoms with van der Waals surface area (Å²) in [5, 5.41) is 0. The van der Waals surface area contributed by atoms with Crippen LogP contribution in [0.25, 0.3) is 45.0 Å². The molecule has 5 aromatic rings. The van der Waals surface area contributed by atoms with E-state index in [1.165, 1.54) is 11.1 Å². The standard InChI is InChI=1S/C48H47N3S/c1-6-47(33-17-9-12-20-37(5)48(52,35(2)3)34-18-10-11-19-36(47)4)46-50-44(42-29-25-40(26-30-42)38-21-13-7-14-22-38)49-45(51-46)43-31-27-41(28-32-43)39-23-15-8-16-24-39/h7-32,35,52H,4-6,33-34H2,1-3H3/b17-9-,18-10-,19-11-,20-12-. The monoisotopic (exact) mass is 697 g/mol. The van der Waals surface area contributed by atoms with Gasteiger partial charge in [0.2, 0.25) is 0 Å². The van der Waals surface area contributed by atoms with Gasteiger partial charge in [-0.2, -0.15) is 12.6 Å². The Morgan fingerprint density at radius 2 is 0.981 bits per heavy atom. The van der Waals surface area contributed by atoms with Crippen LogP contribution in [0, 0.1) is 5.92 Å². The van der Waals surface area contributed by atoms with Crippen LogP contribution < -0.4 is 0 Å². The summed E-state index contributed by atoms with van der Waals surface area (Å²) in [7, 11) is 0. The molecule has 4 heteroatoms. The number of allylic oxidation sites excluding steroid dienone is 9. The van der Waals surface area contributed by atoms with E-state index < -0.39 is 5.41 Å². The first-order valence-electron chi connectivity index (χ1n) is 18.1. The zero-order valence-electron chi connectivity index (χ0n) is 30.4. The number of aromatic nitrogens is 3. The van der Waals surface area contributed by atoms with Crippen LogP contribution in [-0.2, 0) is 5.41 Å². The van der Waals surface area contributed by atoms with E-state index in [4.69, 9.17) is 27.6 Å². The molecule has 0 spiro atoms. The van der Waals surface area contributed by atoms with E-state index in [-0.39, 0.29) is 4.75 Å². The SMILES string of the molecule is C=C1/C=C\C=C/CC(S)(C(C)C)C(=C)/C=C\C=C/CC1(CC)c1nc(-c2ccc(-c3ccccc3)cc2)nc(-c2ccc(-c3ccccc3)cc2)n1. The lowest BCUT2D eigenvalue weighted by atomic mass is 9.74. The zero-order valence-corrected chi connectivity index (χ0v) is 31.3. The van der Waals surface area contributed by atoms with Crippen molar-refractivity contribution in [2.24, 2.45) is 5.92 Å². The van der Waals surface area contributed by atoms with Crippen LogP contribution in [0.1, 0.15) is 45.9 Å². The second kappa shape index (κ2) is 16.4. The van der Waals surface area contributed by atoms with Gasteiger partial charge in [0.15, 0.2) is 11.6 Å². The molecule has 3 nitrogen and oxygen atoms in total. The fraction of sp³-hybridized carbons (Fsp3) is 0.188. The molecule has 1 aromatic heterocycles. The van der Waals surface area contributed by atoms with Crippen molar-refractivity contribution in [3.8, 4) is 45.0 Å². The maximum absolute atomic E-state index is 5.26. The number of rotatable bonds is 7. The van der Waals surface area contributed by atoms with Gasteiger partial charge in [-0.3, -0.25) is 0 Å². The maximum atomic E-state index is 5.26. The predicted octanol–water partition coefficient (Wildman–Crippen LogP) is 12.6. The number of benzene rings is 4. The average Bonchev–Trinajstić information content (AvgIpc) is 3.19. The lowest BCUT2D eigenvalue weighted by Crippen LogP contribution is -2.30. The molecule has 260 valence electrons. The van der Waals surface area contributed by atoms with Crippen molar-refractivity contribution < 1.29 is 0 Å². The minimum atomic E-state index is -0.582. The molecule has 6 rings (SSSR count). The maximum Gasteiger partial charge on any atom is 0.163 e. The fourth-order valence-corrected chi connectivity index (χ4v) is 6.87. The highest BCUT2D eigenvalue weighted by atomic mass is 32.1. The van der Waals surface area contributed by atoms with Crippen molar-refractivity contribution in [3.05, 3.63) is 188 Å². The number of thiol groups is 1. The van der Waals surface area contributed by atoms with Gasteiger partial charge in [0.05, 0.1) is 5.41 Å². The van der Waals surface area contributed by atoms with Gasteiger partial charge in [0.1, 0.15) is 5.82 Å². The summed E-state index contributed by atoms with van der Waals surface area (Å²) in [6.07, 6.45) is 19.0.